The standard InChI is InChI=1S/C12H10ClF2N3O/c13-10(19)6-1-2-8-7(3-6)9-4-12(14,15)5-18(9)11(16)17-8/h1-3,9H,4-5H2,(H2,16,17)/t9-/m0/s1. The van der Waals surface area contributed by atoms with Gasteiger partial charge in [0.15, 0.2) is 5.96 Å². The van der Waals surface area contributed by atoms with E-state index in [1.165, 1.54) is 17.0 Å². The maximum absolute atomic E-state index is 13.5. The molecule has 1 aromatic rings. The fraction of sp³-hybridized carbons (Fsp3) is 0.333. The van der Waals surface area contributed by atoms with Crippen LogP contribution in [0.4, 0.5) is 14.5 Å². The summed E-state index contributed by atoms with van der Waals surface area (Å²) in [6, 6.07) is 4.04. The third-order valence-electron chi connectivity index (χ3n) is 3.41. The number of alkyl halides is 2. The van der Waals surface area contributed by atoms with E-state index in [-0.39, 0.29) is 17.9 Å². The molecule has 0 bridgehead atoms. The van der Waals surface area contributed by atoms with E-state index in [0.29, 0.717) is 11.3 Å². The van der Waals surface area contributed by atoms with Crippen LogP contribution in [0, 0.1) is 0 Å². The van der Waals surface area contributed by atoms with E-state index in [2.05, 4.69) is 4.99 Å². The van der Waals surface area contributed by atoms with Gasteiger partial charge in [0.25, 0.3) is 11.2 Å². The lowest BCUT2D eigenvalue weighted by atomic mass is 9.98. The molecule has 0 amide bonds. The quantitative estimate of drug-likeness (QED) is 0.806. The van der Waals surface area contributed by atoms with Crippen LogP contribution in [0.15, 0.2) is 23.2 Å². The van der Waals surface area contributed by atoms with Gasteiger partial charge in [-0.05, 0) is 29.8 Å². The zero-order valence-corrected chi connectivity index (χ0v) is 10.5. The molecule has 100 valence electrons. The number of nitrogens with two attached hydrogens (primary N) is 1. The molecule has 0 saturated carbocycles. The summed E-state index contributed by atoms with van der Waals surface area (Å²) >= 11 is 5.41. The Balaban J connectivity index is 2.11. The molecule has 1 atom stereocenters. The average molecular weight is 286 g/mol. The van der Waals surface area contributed by atoms with Gasteiger partial charge in [0.2, 0.25) is 0 Å². The number of halogens is 3. The fourth-order valence-electron chi connectivity index (χ4n) is 2.57. The molecule has 0 unspecified atom stereocenters. The Bertz CT molecular complexity index is 603. The molecule has 2 aliphatic rings. The number of benzene rings is 1. The Morgan fingerprint density at radius 3 is 2.95 bits per heavy atom. The maximum atomic E-state index is 13.5. The topological polar surface area (TPSA) is 58.7 Å². The van der Waals surface area contributed by atoms with E-state index in [0.717, 1.165) is 0 Å². The molecule has 1 aromatic carbocycles. The summed E-state index contributed by atoms with van der Waals surface area (Å²) in [6.45, 7) is -0.453. The minimum absolute atomic E-state index is 0.0830. The van der Waals surface area contributed by atoms with Gasteiger partial charge in [-0.25, -0.2) is 13.8 Å². The third-order valence-corrected chi connectivity index (χ3v) is 3.63. The first-order valence-corrected chi connectivity index (χ1v) is 6.08. The monoisotopic (exact) mass is 285 g/mol. The van der Waals surface area contributed by atoms with Crippen molar-refractivity contribution in [2.45, 2.75) is 18.4 Å². The Morgan fingerprint density at radius 2 is 2.26 bits per heavy atom. The van der Waals surface area contributed by atoms with E-state index in [1.807, 2.05) is 0 Å². The van der Waals surface area contributed by atoms with E-state index >= 15 is 0 Å². The molecule has 1 fully saturated rings. The summed E-state index contributed by atoms with van der Waals surface area (Å²) in [6.07, 6.45) is -0.337. The fourth-order valence-corrected chi connectivity index (χ4v) is 2.69. The predicted molar refractivity (Wildman–Crippen MR) is 66.9 cm³/mol. The minimum Gasteiger partial charge on any atom is -0.369 e. The first-order valence-electron chi connectivity index (χ1n) is 5.70. The Labute approximate surface area is 112 Å². The predicted octanol–water partition coefficient (Wildman–Crippen LogP) is 2.41. The van der Waals surface area contributed by atoms with Crippen LogP contribution >= 0.6 is 11.6 Å². The van der Waals surface area contributed by atoms with Crippen molar-refractivity contribution in [2.24, 2.45) is 10.7 Å². The van der Waals surface area contributed by atoms with Gasteiger partial charge < -0.3 is 10.6 Å². The van der Waals surface area contributed by atoms with Crippen molar-refractivity contribution in [1.29, 1.82) is 0 Å². The highest BCUT2D eigenvalue weighted by Gasteiger charge is 2.48. The molecule has 7 heteroatoms. The lowest BCUT2D eigenvalue weighted by Gasteiger charge is -2.30. The molecule has 4 nitrogen and oxygen atoms in total. The molecule has 0 aliphatic carbocycles. The SMILES string of the molecule is NC1=Nc2ccc(C(=O)Cl)cc2[C@@H]2CC(F)(F)CN12. The summed E-state index contributed by atoms with van der Waals surface area (Å²) in [4.78, 5) is 16.6. The van der Waals surface area contributed by atoms with Crippen LogP contribution in [0.25, 0.3) is 0 Å². The largest absolute Gasteiger partial charge is 0.369 e. The number of hydrogen-bond acceptors (Lipinski definition) is 4. The molecular formula is C12H10ClF2N3O. The zero-order valence-electron chi connectivity index (χ0n) is 9.74. The number of rotatable bonds is 1. The summed E-state index contributed by atoms with van der Waals surface area (Å²) in [5.41, 5.74) is 7.05. The van der Waals surface area contributed by atoms with E-state index in [9.17, 15) is 13.6 Å². The van der Waals surface area contributed by atoms with Crippen LogP contribution in [0.5, 0.6) is 0 Å². The lowest BCUT2D eigenvalue weighted by Crippen LogP contribution is -2.40. The maximum Gasteiger partial charge on any atom is 0.267 e. The minimum atomic E-state index is -2.81. The molecule has 0 radical (unpaired) electrons. The molecule has 2 aliphatic heterocycles. The molecule has 2 heterocycles. The van der Waals surface area contributed by atoms with Crippen molar-refractivity contribution in [3.05, 3.63) is 29.3 Å². The van der Waals surface area contributed by atoms with Crippen molar-refractivity contribution < 1.29 is 13.6 Å². The van der Waals surface area contributed by atoms with Gasteiger partial charge in [0.1, 0.15) is 0 Å². The number of hydrogen-bond donors (Lipinski definition) is 1. The average Bonchev–Trinajstić information content (AvgIpc) is 2.65. The molecule has 0 aromatic heterocycles. The smallest absolute Gasteiger partial charge is 0.267 e. The van der Waals surface area contributed by atoms with Crippen molar-refractivity contribution >= 4 is 28.5 Å². The van der Waals surface area contributed by atoms with Crippen LogP contribution < -0.4 is 5.73 Å². The molecule has 19 heavy (non-hydrogen) atoms. The first kappa shape index (κ1) is 12.3. The van der Waals surface area contributed by atoms with Crippen molar-refractivity contribution in [3.8, 4) is 0 Å². The number of nitrogens with zero attached hydrogens (tertiary/aromatic N) is 2. The van der Waals surface area contributed by atoms with E-state index in [4.69, 9.17) is 17.3 Å². The summed E-state index contributed by atoms with van der Waals surface area (Å²) in [5, 5.41) is -0.623. The number of fused-ring (bicyclic) bond motifs is 3. The molecular weight excluding hydrogens is 276 g/mol. The molecule has 0 spiro atoms. The van der Waals surface area contributed by atoms with Gasteiger partial charge in [-0.3, -0.25) is 4.79 Å². The Morgan fingerprint density at radius 1 is 1.53 bits per heavy atom. The van der Waals surface area contributed by atoms with Crippen molar-refractivity contribution in [3.63, 3.8) is 0 Å². The third kappa shape index (κ3) is 1.96. The number of carbonyl (C=O) groups excluding carboxylic acids is 1. The van der Waals surface area contributed by atoms with Crippen LogP contribution in [0.2, 0.25) is 0 Å². The molecule has 3 rings (SSSR count). The van der Waals surface area contributed by atoms with E-state index in [1.54, 1.807) is 6.07 Å². The second-order valence-electron chi connectivity index (χ2n) is 4.72. The van der Waals surface area contributed by atoms with Gasteiger partial charge >= 0.3 is 0 Å². The lowest BCUT2D eigenvalue weighted by molar-refractivity contribution is 0.0165. The second-order valence-corrected chi connectivity index (χ2v) is 5.06. The van der Waals surface area contributed by atoms with E-state index < -0.39 is 23.8 Å². The highest BCUT2D eigenvalue weighted by molar-refractivity contribution is 6.67. The summed E-state index contributed by atoms with van der Waals surface area (Å²) in [5.74, 6) is -2.73. The molecule has 1 saturated heterocycles. The second kappa shape index (κ2) is 3.90. The normalized spacial score (nSPS) is 23.6. The number of guanidine groups is 1. The van der Waals surface area contributed by atoms with Crippen molar-refractivity contribution in [1.82, 2.24) is 4.90 Å². The van der Waals surface area contributed by atoms with Crippen LogP contribution in [-0.4, -0.2) is 28.6 Å². The molecule has 2 N–H and O–H groups in total. The Kier molecular flexibility index (Phi) is 2.53. The number of carbonyl (C=O) groups is 1. The highest BCUT2D eigenvalue weighted by atomic mass is 35.5. The van der Waals surface area contributed by atoms with Gasteiger partial charge in [-0.1, -0.05) is 0 Å². The van der Waals surface area contributed by atoms with Crippen LogP contribution in [-0.2, 0) is 0 Å². The highest BCUT2D eigenvalue weighted by Crippen LogP contribution is 2.46. The zero-order chi connectivity index (χ0) is 13.8. The van der Waals surface area contributed by atoms with Crippen molar-refractivity contribution in [2.75, 3.05) is 6.54 Å². The summed E-state index contributed by atoms with van der Waals surface area (Å²) in [7, 11) is 0. The first-order chi connectivity index (χ1) is 8.87. The summed E-state index contributed by atoms with van der Waals surface area (Å²) < 4.78 is 27.1. The number of aliphatic imine (C=N–C) groups is 1. The van der Waals surface area contributed by atoms with Gasteiger partial charge in [0.05, 0.1) is 18.3 Å². The van der Waals surface area contributed by atoms with Gasteiger partial charge in [-0.2, -0.15) is 0 Å². The Hall–Kier alpha value is -1.69. The van der Waals surface area contributed by atoms with Crippen LogP contribution in [0.3, 0.4) is 0 Å². The van der Waals surface area contributed by atoms with Gasteiger partial charge in [-0.15, -0.1) is 0 Å². The van der Waals surface area contributed by atoms with Crippen LogP contribution in [0.1, 0.15) is 28.4 Å². The van der Waals surface area contributed by atoms with Gasteiger partial charge in [0, 0.05) is 17.5 Å².